The van der Waals surface area contributed by atoms with Crippen LogP contribution in [0.2, 0.25) is 0 Å². The lowest BCUT2D eigenvalue weighted by atomic mass is 9.77. The number of nitro benzene ring substituents is 1. The number of nitrogens with zero attached hydrogens (tertiary/aromatic N) is 4. The van der Waals surface area contributed by atoms with Crippen LogP contribution in [0.5, 0.6) is 0 Å². The van der Waals surface area contributed by atoms with Crippen LogP contribution in [0.15, 0.2) is 122 Å². The zero-order valence-electron chi connectivity index (χ0n) is 25.5. The average molecular weight is 599 g/mol. The molecule has 6 rings (SSSR count). The first kappa shape index (κ1) is 29.6. The zero-order valence-corrected chi connectivity index (χ0v) is 25.5. The molecule has 0 fully saturated rings. The maximum absolute atomic E-state index is 13.1. The number of hydrogen-bond donors (Lipinski definition) is 0. The summed E-state index contributed by atoms with van der Waals surface area (Å²) in [5, 5.41) is 11.7. The maximum Gasteiger partial charge on any atom is 0.414 e. The number of hydrogen-bond acceptors (Lipinski definition) is 5. The topological polar surface area (TPSA) is 90.5 Å². The molecule has 226 valence electrons. The Morgan fingerprint density at radius 1 is 0.867 bits per heavy atom. The van der Waals surface area contributed by atoms with Crippen LogP contribution in [0.25, 0.3) is 11.6 Å². The number of benzene rings is 4. The van der Waals surface area contributed by atoms with Gasteiger partial charge in [0.25, 0.3) is 5.69 Å². The summed E-state index contributed by atoms with van der Waals surface area (Å²) in [4.78, 5) is 30.8. The molecule has 8 nitrogen and oxygen atoms in total. The van der Waals surface area contributed by atoms with E-state index in [0.29, 0.717) is 29.9 Å². The van der Waals surface area contributed by atoms with E-state index in [9.17, 15) is 14.9 Å². The summed E-state index contributed by atoms with van der Waals surface area (Å²) in [5.74, 6) is 0. The van der Waals surface area contributed by atoms with Crippen molar-refractivity contribution in [1.29, 1.82) is 0 Å². The smallest absolute Gasteiger partial charge is 0.414 e. The predicted molar refractivity (Wildman–Crippen MR) is 176 cm³/mol. The molecule has 2 heterocycles. The molecule has 0 aliphatic carbocycles. The fourth-order valence-electron chi connectivity index (χ4n) is 6.03. The van der Waals surface area contributed by atoms with Gasteiger partial charge in [-0.3, -0.25) is 15.0 Å². The summed E-state index contributed by atoms with van der Waals surface area (Å²) >= 11 is 0. The van der Waals surface area contributed by atoms with Crippen molar-refractivity contribution in [2.24, 2.45) is 0 Å². The first-order valence-electron chi connectivity index (χ1n) is 14.9. The number of fused-ring (bicyclic) bond motifs is 1. The Hall–Kier alpha value is -5.50. The van der Waals surface area contributed by atoms with Gasteiger partial charge in [-0.05, 0) is 61.6 Å². The summed E-state index contributed by atoms with van der Waals surface area (Å²) in [6, 6.07) is 35.6. The number of ether oxygens (including phenoxy) is 1. The first-order chi connectivity index (χ1) is 21.7. The molecule has 8 heteroatoms. The number of carbonyl (C=O) groups excluding carboxylic acids is 1. The maximum atomic E-state index is 13.1. The van der Waals surface area contributed by atoms with Crippen molar-refractivity contribution >= 4 is 29.1 Å². The minimum absolute atomic E-state index is 0.0486. The molecule has 0 saturated heterocycles. The summed E-state index contributed by atoms with van der Waals surface area (Å²) < 4.78 is 7.78. The second kappa shape index (κ2) is 11.9. The number of aromatic nitrogens is 2. The molecular weight excluding hydrogens is 564 g/mol. The van der Waals surface area contributed by atoms with Crippen molar-refractivity contribution in [3.8, 4) is 0 Å². The predicted octanol–water partition coefficient (Wildman–Crippen LogP) is 8.32. The minimum atomic E-state index is -0.718. The second-order valence-corrected chi connectivity index (χ2v) is 12.0. The van der Waals surface area contributed by atoms with E-state index in [4.69, 9.17) is 9.72 Å². The zero-order chi connectivity index (χ0) is 31.6. The molecule has 1 aliphatic rings. The van der Waals surface area contributed by atoms with Crippen molar-refractivity contribution in [1.82, 2.24) is 9.55 Å². The molecule has 0 spiro atoms. The van der Waals surface area contributed by atoms with Gasteiger partial charge >= 0.3 is 6.09 Å². The van der Waals surface area contributed by atoms with Crippen LogP contribution in [0.1, 0.15) is 55.1 Å². The minimum Gasteiger partial charge on any atom is -0.443 e. The highest BCUT2D eigenvalue weighted by atomic mass is 16.6. The van der Waals surface area contributed by atoms with Crippen molar-refractivity contribution < 1.29 is 14.5 Å². The van der Waals surface area contributed by atoms with E-state index in [0.717, 1.165) is 22.3 Å². The standard InChI is InChI=1S/C37H34N4O4/c1-36(2,3)45-35(42)40-22-21-27(33-24-32(41(43)44)19-20-34(33)40)23-31-25-39(26-38-31)37(28-13-7-4-8-14-28,29-15-9-5-10-16-29)30-17-11-6-12-18-30/h4-20,23-26H,21-22H2,1-3H3/b27-23+. The molecular formula is C37H34N4O4. The molecule has 45 heavy (non-hydrogen) atoms. The van der Waals surface area contributed by atoms with E-state index in [-0.39, 0.29) is 5.69 Å². The highest BCUT2D eigenvalue weighted by molar-refractivity contribution is 5.98. The average Bonchev–Trinajstić information content (AvgIpc) is 3.50. The van der Waals surface area contributed by atoms with Crippen LogP contribution >= 0.6 is 0 Å². The summed E-state index contributed by atoms with van der Waals surface area (Å²) in [7, 11) is 0. The van der Waals surface area contributed by atoms with Crippen LogP contribution in [-0.4, -0.2) is 32.7 Å². The summed E-state index contributed by atoms with van der Waals surface area (Å²) in [6.07, 6.45) is 5.79. The lowest BCUT2D eigenvalue weighted by Gasteiger charge is -2.37. The monoisotopic (exact) mass is 598 g/mol. The van der Waals surface area contributed by atoms with Crippen LogP contribution in [0, 0.1) is 10.1 Å². The van der Waals surface area contributed by atoms with Crippen molar-refractivity contribution in [3.63, 3.8) is 0 Å². The van der Waals surface area contributed by atoms with Gasteiger partial charge in [0.05, 0.1) is 22.6 Å². The van der Waals surface area contributed by atoms with Crippen molar-refractivity contribution in [2.75, 3.05) is 11.4 Å². The molecule has 5 aromatic rings. The third-order valence-electron chi connectivity index (χ3n) is 7.93. The third-order valence-corrected chi connectivity index (χ3v) is 7.93. The first-order valence-corrected chi connectivity index (χ1v) is 14.9. The quantitative estimate of drug-likeness (QED) is 0.111. The molecule has 0 unspecified atom stereocenters. The molecule has 0 N–H and O–H groups in total. The third kappa shape index (κ3) is 5.74. The number of carbonyl (C=O) groups is 1. The number of non-ortho nitro benzene ring substituents is 1. The molecule has 0 atom stereocenters. The van der Waals surface area contributed by atoms with Gasteiger partial charge in [-0.25, -0.2) is 9.78 Å². The Labute approximate surface area is 262 Å². The number of nitro groups is 1. The Morgan fingerprint density at radius 3 is 1.93 bits per heavy atom. The molecule has 1 aliphatic heterocycles. The van der Waals surface area contributed by atoms with Crippen LogP contribution in [-0.2, 0) is 10.3 Å². The molecule has 4 aromatic carbocycles. The second-order valence-electron chi connectivity index (χ2n) is 12.0. The summed E-state index contributed by atoms with van der Waals surface area (Å²) in [5.41, 5.74) is 4.50. The lowest BCUT2D eigenvalue weighted by Crippen LogP contribution is -2.39. The molecule has 1 amide bonds. The molecule has 1 aromatic heterocycles. The van der Waals surface area contributed by atoms with E-state index in [1.54, 1.807) is 11.0 Å². The fourth-order valence-corrected chi connectivity index (χ4v) is 6.03. The van der Waals surface area contributed by atoms with Crippen LogP contribution in [0.3, 0.4) is 0 Å². The Bertz CT molecular complexity index is 1760. The van der Waals surface area contributed by atoms with Crippen LogP contribution < -0.4 is 4.90 Å². The number of rotatable bonds is 6. The lowest BCUT2D eigenvalue weighted by molar-refractivity contribution is -0.384. The van der Waals surface area contributed by atoms with Crippen molar-refractivity contribution in [3.05, 3.63) is 160 Å². The Kier molecular flexibility index (Phi) is 7.81. The molecule has 0 radical (unpaired) electrons. The van der Waals surface area contributed by atoms with Gasteiger partial charge in [0.15, 0.2) is 0 Å². The van der Waals surface area contributed by atoms with Gasteiger partial charge in [0.1, 0.15) is 11.1 Å². The molecule has 0 bridgehead atoms. The van der Waals surface area contributed by atoms with E-state index in [1.807, 2.05) is 94.0 Å². The van der Waals surface area contributed by atoms with Gasteiger partial charge in [0.2, 0.25) is 0 Å². The highest BCUT2D eigenvalue weighted by Crippen LogP contribution is 2.42. The van der Waals surface area contributed by atoms with E-state index >= 15 is 0 Å². The van der Waals surface area contributed by atoms with Crippen LogP contribution in [0.4, 0.5) is 16.2 Å². The fraction of sp³-hybridized carbons (Fsp3) is 0.189. The van der Waals surface area contributed by atoms with E-state index in [2.05, 4.69) is 41.0 Å². The van der Waals surface area contributed by atoms with E-state index in [1.165, 1.54) is 12.1 Å². The normalized spacial score (nSPS) is 14.2. The Morgan fingerprint density at radius 2 is 1.42 bits per heavy atom. The largest absolute Gasteiger partial charge is 0.443 e. The number of anilines is 1. The molecule has 0 saturated carbocycles. The van der Waals surface area contributed by atoms with Gasteiger partial charge in [-0.15, -0.1) is 0 Å². The SMILES string of the molecule is CC(C)(C)OC(=O)N1CC/C(=C\c2cn(C(c3ccccc3)(c3ccccc3)c3ccccc3)cn2)c2cc([N+](=O)[O-])ccc21. The number of imidazole rings is 1. The van der Waals surface area contributed by atoms with Gasteiger partial charge in [-0.1, -0.05) is 91.0 Å². The van der Waals surface area contributed by atoms with Crippen molar-refractivity contribution in [2.45, 2.75) is 38.3 Å². The Balaban J connectivity index is 1.49. The van der Waals surface area contributed by atoms with Gasteiger partial charge in [0, 0.05) is 30.4 Å². The van der Waals surface area contributed by atoms with E-state index < -0.39 is 22.2 Å². The van der Waals surface area contributed by atoms with Gasteiger partial charge < -0.3 is 9.30 Å². The number of amides is 1. The summed E-state index contributed by atoms with van der Waals surface area (Å²) in [6.45, 7) is 5.81. The highest BCUT2D eigenvalue weighted by Gasteiger charge is 2.38. The van der Waals surface area contributed by atoms with Gasteiger partial charge in [-0.2, -0.15) is 0 Å².